The van der Waals surface area contributed by atoms with Gasteiger partial charge in [-0.1, -0.05) is 72.9 Å². The van der Waals surface area contributed by atoms with Crippen LogP contribution in [0.4, 0.5) is 0 Å². The number of phenolic OH excluding ortho intramolecular Hbond substituents is 1. The van der Waals surface area contributed by atoms with E-state index in [9.17, 15) is 5.11 Å². The Bertz CT molecular complexity index is 1340. The van der Waals surface area contributed by atoms with Gasteiger partial charge in [0, 0.05) is 54.3 Å². The molecule has 0 amide bonds. The number of rotatable bonds is 7. The highest BCUT2D eigenvalue weighted by Crippen LogP contribution is 2.49. The average Bonchev–Trinajstić information content (AvgIpc) is 2.96. The molecule has 2 aliphatic heterocycles. The molecule has 1 saturated carbocycles. The Morgan fingerprint density at radius 3 is 1.43 bits per heavy atom. The van der Waals surface area contributed by atoms with Gasteiger partial charge in [-0.25, -0.2) is 0 Å². The quantitative estimate of drug-likeness (QED) is 0.223. The first-order chi connectivity index (χ1) is 23.0. The van der Waals surface area contributed by atoms with Crippen LogP contribution in [0.25, 0.3) is 0 Å². The van der Waals surface area contributed by atoms with Gasteiger partial charge < -0.3 is 14.6 Å². The van der Waals surface area contributed by atoms with E-state index in [4.69, 9.17) is 9.47 Å². The van der Waals surface area contributed by atoms with Crippen LogP contribution in [0, 0.1) is 11.3 Å². The van der Waals surface area contributed by atoms with E-state index < -0.39 is 17.4 Å². The predicted octanol–water partition coefficient (Wildman–Crippen LogP) is 9.49. The fraction of sp³-hybridized carbons (Fsp3) is 0.818. The second-order valence-corrected chi connectivity index (χ2v) is 21.3. The molecular weight excluding hydrogens is 636 g/mol. The van der Waals surface area contributed by atoms with Crippen LogP contribution in [0.1, 0.15) is 171 Å². The van der Waals surface area contributed by atoms with E-state index in [-0.39, 0.29) is 63.3 Å². The van der Waals surface area contributed by atoms with Crippen molar-refractivity contribution in [1.29, 1.82) is 0 Å². The number of hydrogen-bond donors (Lipinski definition) is 1. The number of likely N-dealkylation sites (tertiary alicyclic amines) is 2. The van der Waals surface area contributed by atoms with Gasteiger partial charge in [0.25, 0.3) is 0 Å². The van der Waals surface area contributed by atoms with Gasteiger partial charge >= 0.3 is 11.9 Å². The van der Waals surface area contributed by atoms with Gasteiger partial charge in [-0.15, -0.1) is 0 Å². The molecule has 3 fully saturated rings. The number of ether oxygens (including phenoxy) is 2. The van der Waals surface area contributed by atoms with E-state index in [1.807, 2.05) is 6.07 Å². The number of benzene rings is 1. The van der Waals surface area contributed by atoms with Crippen LogP contribution in [0.2, 0.25) is 0 Å². The normalized spacial score (nSPS) is 23.9. The largest absolute Gasteiger partial charge is 0.507 e. The molecule has 7 nitrogen and oxygen atoms in total. The fourth-order valence-corrected chi connectivity index (χ4v) is 9.67. The zero-order valence-electron chi connectivity index (χ0n) is 35.4. The van der Waals surface area contributed by atoms with E-state index in [1.165, 1.54) is 0 Å². The Morgan fingerprint density at radius 2 is 1.08 bits per heavy atom. The number of phenols is 1. The van der Waals surface area contributed by atoms with Gasteiger partial charge in [0.1, 0.15) is 18.0 Å². The number of hydrogen-bond acceptors (Lipinski definition) is 7. The molecule has 290 valence electrons. The summed E-state index contributed by atoms with van der Waals surface area (Å²) in [5.41, 5.74) is -0.462. The summed E-state index contributed by atoms with van der Waals surface area (Å²) in [5.74, 6) is -1.06. The summed E-state index contributed by atoms with van der Waals surface area (Å²) < 4.78 is 13.4. The Kier molecular flexibility index (Phi) is 11.4. The number of aromatic hydroxyl groups is 1. The highest BCUT2D eigenvalue weighted by molar-refractivity contribution is 6.01. The molecule has 7 heteroatoms. The minimum absolute atomic E-state index is 0.0486. The summed E-state index contributed by atoms with van der Waals surface area (Å²) in [6, 6.07) is 4.13. The summed E-state index contributed by atoms with van der Waals surface area (Å²) in [7, 11) is 4.29. The molecule has 0 aromatic heterocycles. The maximum atomic E-state index is 15.4. The summed E-state index contributed by atoms with van der Waals surface area (Å²) in [6.07, 6.45) is 6.47. The molecule has 0 spiro atoms. The van der Waals surface area contributed by atoms with E-state index in [2.05, 4.69) is 127 Å². The van der Waals surface area contributed by atoms with Crippen molar-refractivity contribution < 1.29 is 24.2 Å². The highest BCUT2D eigenvalue weighted by Gasteiger charge is 2.58. The third kappa shape index (κ3) is 8.50. The molecule has 51 heavy (non-hydrogen) atoms. The van der Waals surface area contributed by atoms with Crippen LogP contribution in [-0.4, -0.2) is 75.3 Å². The van der Waals surface area contributed by atoms with Gasteiger partial charge in [-0.05, 0) is 116 Å². The van der Waals surface area contributed by atoms with Gasteiger partial charge in [-0.3, -0.25) is 19.4 Å². The van der Waals surface area contributed by atoms with Crippen LogP contribution in [-0.2, 0) is 36.3 Å². The lowest BCUT2D eigenvalue weighted by Gasteiger charge is -2.54. The molecule has 4 rings (SSSR count). The van der Waals surface area contributed by atoms with Gasteiger partial charge in [-0.2, -0.15) is 0 Å². The lowest BCUT2D eigenvalue weighted by molar-refractivity contribution is -0.193. The molecule has 0 radical (unpaired) electrons. The highest BCUT2D eigenvalue weighted by atomic mass is 16.6. The zero-order valence-corrected chi connectivity index (χ0v) is 35.4. The third-order valence-corrected chi connectivity index (χ3v) is 13.5. The second kappa shape index (κ2) is 13.9. The minimum Gasteiger partial charge on any atom is -0.507 e. The Morgan fingerprint density at radius 1 is 0.686 bits per heavy atom. The third-order valence-electron chi connectivity index (χ3n) is 13.5. The summed E-state index contributed by atoms with van der Waals surface area (Å²) in [5, 5.41) is 12.1. The van der Waals surface area contributed by atoms with Crippen molar-refractivity contribution in [3.05, 3.63) is 28.8 Å². The smallest absolute Gasteiger partial charge is 0.324 e. The average molecular weight is 711 g/mol. The Balaban J connectivity index is 1.91. The Hall–Kier alpha value is -2.12. The van der Waals surface area contributed by atoms with E-state index >= 15 is 9.59 Å². The van der Waals surface area contributed by atoms with Crippen LogP contribution in [0.15, 0.2) is 12.1 Å². The number of nitrogens with zero attached hydrogens (tertiary/aromatic N) is 2. The molecular formula is C44H74N2O5. The molecule has 0 unspecified atom stereocenters. The molecule has 2 heterocycles. The van der Waals surface area contributed by atoms with Crippen molar-refractivity contribution in [3.8, 4) is 5.75 Å². The first-order valence-electron chi connectivity index (χ1n) is 19.8. The molecule has 1 aromatic carbocycles. The van der Waals surface area contributed by atoms with Crippen molar-refractivity contribution in [2.45, 2.75) is 206 Å². The van der Waals surface area contributed by atoms with E-state index in [0.29, 0.717) is 31.2 Å². The van der Waals surface area contributed by atoms with Crippen molar-refractivity contribution >= 4 is 11.9 Å². The lowest BCUT2D eigenvalue weighted by Crippen LogP contribution is -2.62. The van der Waals surface area contributed by atoms with Crippen molar-refractivity contribution in [2.75, 3.05) is 14.1 Å². The molecule has 0 bridgehead atoms. The summed E-state index contributed by atoms with van der Waals surface area (Å²) in [6.45, 7) is 30.4. The van der Waals surface area contributed by atoms with Crippen LogP contribution < -0.4 is 0 Å². The van der Waals surface area contributed by atoms with E-state index in [0.717, 1.165) is 43.2 Å². The van der Waals surface area contributed by atoms with Crippen LogP contribution >= 0.6 is 0 Å². The minimum atomic E-state index is -1.60. The van der Waals surface area contributed by atoms with Crippen molar-refractivity contribution in [3.63, 3.8) is 0 Å². The zero-order chi connectivity index (χ0) is 38.8. The maximum absolute atomic E-state index is 15.4. The number of piperidine rings is 2. The van der Waals surface area contributed by atoms with Gasteiger partial charge in [0.15, 0.2) is 5.41 Å². The summed E-state index contributed by atoms with van der Waals surface area (Å²) in [4.78, 5) is 35.5. The molecule has 1 aliphatic carbocycles. The lowest BCUT2D eigenvalue weighted by atomic mass is 9.64. The standard InChI is InChI=1S/C44H74N2O5/c1-38(2,3)31-22-29(35(47)34(23-31)39(4,5)6)24-44(30-20-18-17-19-21-30,36(48)50-32-25-40(7,8)45(15)41(9,10)26-32)37(49)51-33-27-42(11,12)46(16)43(13,14)28-33/h22-23,30,32-33,47H,17-21,24-28H2,1-16H3. The molecule has 0 atom stereocenters. The molecule has 1 N–H and O–H groups in total. The molecule has 1 aromatic rings. The number of esters is 2. The van der Waals surface area contributed by atoms with Crippen LogP contribution in [0.3, 0.4) is 0 Å². The van der Waals surface area contributed by atoms with Crippen molar-refractivity contribution in [2.24, 2.45) is 11.3 Å². The predicted molar refractivity (Wildman–Crippen MR) is 208 cm³/mol. The summed E-state index contributed by atoms with van der Waals surface area (Å²) >= 11 is 0. The SMILES string of the molecule is CN1C(C)(C)CC(OC(=O)C(Cc2cc(C(C)(C)C)cc(C(C)(C)C)c2O)(C(=O)OC2CC(C)(C)N(C)C(C)(C)C2)C2CCCCC2)CC1(C)C. The maximum Gasteiger partial charge on any atom is 0.324 e. The molecule has 3 aliphatic rings. The van der Waals surface area contributed by atoms with Crippen LogP contribution in [0.5, 0.6) is 5.75 Å². The first kappa shape index (κ1) is 41.6. The topological polar surface area (TPSA) is 79.3 Å². The van der Waals surface area contributed by atoms with Gasteiger partial charge in [0.2, 0.25) is 0 Å². The van der Waals surface area contributed by atoms with Gasteiger partial charge in [0.05, 0.1) is 0 Å². The second-order valence-electron chi connectivity index (χ2n) is 21.3. The van der Waals surface area contributed by atoms with Crippen molar-refractivity contribution in [1.82, 2.24) is 9.80 Å². The Labute approximate surface area is 311 Å². The first-order valence-corrected chi connectivity index (χ1v) is 19.8. The molecule has 2 saturated heterocycles. The monoisotopic (exact) mass is 711 g/mol. The number of carbonyl (C=O) groups is 2. The van der Waals surface area contributed by atoms with E-state index in [1.54, 1.807) is 0 Å². The number of carbonyl (C=O) groups excluding carboxylic acids is 2. The fourth-order valence-electron chi connectivity index (χ4n) is 9.67.